The summed E-state index contributed by atoms with van der Waals surface area (Å²) < 4.78 is 1.77. The Morgan fingerprint density at radius 2 is 2.04 bits per heavy atom. The number of hydrogen-bond acceptors (Lipinski definition) is 4. The summed E-state index contributed by atoms with van der Waals surface area (Å²) in [4.78, 5) is 31.4. The zero-order chi connectivity index (χ0) is 19.4. The summed E-state index contributed by atoms with van der Waals surface area (Å²) in [5.74, 6) is 0.457. The second-order valence-electron chi connectivity index (χ2n) is 8.35. The second-order valence-corrected chi connectivity index (χ2v) is 8.35. The van der Waals surface area contributed by atoms with Gasteiger partial charge in [0.15, 0.2) is 0 Å². The molecule has 3 rings (SSSR count). The van der Waals surface area contributed by atoms with Crippen LogP contribution in [0.15, 0.2) is 18.5 Å². The molecule has 1 aromatic rings. The molecule has 0 radical (unpaired) electrons. The number of carbonyl (C=O) groups is 2. The Hall–Kier alpha value is -1.89. The molecule has 3 heterocycles. The molecule has 1 spiro atoms. The van der Waals surface area contributed by atoms with Crippen molar-refractivity contribution in [2.24, 2.45) is 5.41 Å². The highest BCUT2D eigenvalue weighted by atomic mass is 16.2. The SMILES string of the molecule is CCC(C(=O)N1CCC2(CCC(=O)N(CCN(C)C)C2)CC1)n1cccn1. The maximum Gasteiger partial charge on any atom is 0.247 e. The Balaban J connectivity index is 1.59. The van der Waals surface area contributed by atoms with Crippen molar-refractivity contribution in [1.82, 2.24) is 24.5 Å². The summed E-state index contributed by atoms with van der Waals surface area (Å²) in [5, 5.41) is 4.26. The first-order valence-electron chi connectivity index (χ1n) is 10.1. The molecule has 1 atom stereocenters. The summed E-state index contributed by atoms with van der Waals surface area (Å²) in [7, 11) is 4.08. The predicted molar refractivity (Wildman–Crippen MR) is 104 cm³/mol. The van der Waals surface area contributed by atoms with E-state index in [4.69, 9.17) is 0 Å². The minimum Gasteiger partial charge on any atom is -0.341 e. The van der Waals surface area contributed by atoms with Gasteiger partial charge in [0.05, 0.1) is 0 Å². The fourth-order valence-electron chi connectivity index (χ4n) is 4.39. The Kier molecular flexibility index (Phi) is 6.19. The van der Waals surface area contributed by atoms with E-state index in [1.807, 2.05) is 43.1 Å². The van der Waals surface area contributed by atoms with Gasteiger partial charge in [0, 0.05) is 51.5 Å². The maximum absolute atomic E-state index is 13.0. The van der Waals surface area contributed by atoms with Gasteiger partial charge in [0.2, 0.25) is 11.8 Å². The van der Waals surface area contributed by atoms with Gasteiger partial charge in [-0.1, -0.05) is 6.92 Å². The molecular weight excluding hydrogens is 342 g/mol. The first kappa shape index (κ1) is 19.9. The van der Waals surface area contributed by atoms with Crippen LogP contribution in [-0.2, 0) is 9.59 Å². The van der Waals surface area contributed by atoms with Crippen LogP contribution < -0.4 is 0 Å². The van der Waals surface area contributed by atoms with Crippen LogP contribution in [-0.4, -0.2) is 83.1 Å². The summed E-state index contributed by atoms with van der Waals surface area (Å²) in [6.45, 7) is 6.14. The van der Waals surface area contributed by atoms with Crippen LogP contribution in [0.3, 0.4) is 0 Å². The number of likely N-dealkylation sites (N-methyl/N-ethyl adjacent to an activating group) is 1. The van der Waals surface area contributed by atoms with Crippen LogP contribution in [0.2, 0.25) is 0 Å². The third kappa shape index (κ3) is 4.51. The highest BCUT2D eigenvalue weighted by Gasteiger charge is 2.42. The van der Waals surface area contributed by atoms with E-state index in [-0.39, 0.29) is 23.3 Å². The van der Waals surface area contributed by atoms with Crippen LogP contribution in [0.4, 0.5) is 0 Å². The lowest BCUT2D eigenvalue weighted by atomic mass is 9.72. The fraction of sp³-hybridized carbons (Fsp3) is 0.750. The van der Waals surface area contributed by atoms with Gasteiger partial charge in [-0.05, 0) is 51.3 Å². The predicted octanol–water partition coefficient (Wildman–Crippen LogP) is 1.63. The number of piperidine rings is 2. The number of likely N-dealkylation sites (tertiary alicyclic amines) is 2. The second kappa shape index (κ2) is 8.42. The Morgan fingerprint density at radius 3 is 2.63 bits per heavy atom. The van der Waals surface area contributed by atoms with Gasteiger partial charge >= 0.3 is 0 Å². The van der Waals surface area contributed by atoms with Crippen molar-refractivity contribution in [3.63, 3.8) is 0 Å². The van der Waals surface area contributed by atoms with Crippen molar-refractivity contribution < 1.29 is 9.59 Å². The van der Waals surface area contributed by atoms with E-state index in [0.717, 1.165) is 58.4 Å². The quantitative estimate of drug-likeness (QED) is 0.758. The first-order chi connectivity index (χ1) is 12.9. The van der Waals surface area contributed by atoms with Crippen LogP contribution in [0.5, 0.6) is 0 Å². The molecule has 2 aliphatic heterocycles. The summed E-state index contributed by atoms with van der Waals surface area (Å²) >= 11 is 0. The normalized spacial score (nSPS) is 21.1. The van der Waals surface area contributed by atoms with Crippen LogP contribution in [0, 0.1) is 5.41 Å². The Bertz CT molecular complexity index is 635. The van der Waals surface area contributed by atoms with E-state index in [0.29, 0.717) is 6.42 Å². The molecule has 0 bridgehead atoms. The molecule has 2 amide bonds. The molecule has 27 heavy (non-hydrogen) atoms. The minimum atomic E-state index is -0.210. The molecule has 1 unspecified atom stereocenters. The van der Waals surface area contributed by atoms with Crippen LogP contribution >= 0.6 is 0 Å². The molecule has 2 fully saturated rings. The molecule has 2 saturated heterocycles. The topological polar surface area (TPSA) is 61.7 Å². The average molecular weight is 376 g/mol. The molecule has 1 aromatic heterocycles. The minimum absolute atomic E-state index is 0.174. The van der Waals surface area contributed by atoms with Crippen molar-refractivity contribution in [2.45, 2.75) is 45.1 Å². The highest BCUT2D eigenvalue weighted by molar-refractivity contribution is 5.80. The number of carbonyl (C=O) groups excluding carboxylic acids is 2. The molecule has 7 heteroatoms. The standard InChI is InChI=1S/C20H33N5O2/c1-4-17(25-11-5-10-21-25)19(27)23-12-8-20(9-13-23)7-6-18(26)24(16-20)15-14-22(2)3/h5,10-11,17H,4,6-9,12-16H2,1-3H3. The van der Waals surface area contributed by atoms with Gasteiger partial charge in [-0.25, -0.2) is 0 Å². The molecule has 0 aromatic carbocycles. The lowest BCUT2D eigenvalue weighted by molar-refractivity contribution is -0.144. The third-order valence-corrected chi connectivity index (χ3v) is 6.22. The number of hydrogen-bond donors (Lipinski definition) is 0. The Morgan fingerprint density at radius 1 is 1.30 bits per heavy atom. The molecular formula is C20H33N5O2. The highest BCUT2D eigenvalue weighted by Crippen LogP contribution is 2.40. The van der Waals surface area contributed by atoms with E-state index in [1.165, 1.54) is 0 Å². The van der Waals surface area contributed by atoms with E-state index < -0.39 is 0 Å². The van der Waals surface area contributed by atoms with E-state index in [9.17, 15) is 9.59 Å². The largest absolute Gasteiger partial charge is 0.341 e. The van der Waals surface area contributed by atoms with E-state index in [1.54, 1.807) is 10.9 Å². The van der Waals surface area contributed by atoms with Crippen molar-refractivity contribution in [2.75, 3.05) is 46.8 Å². The van der Waals surface area contributed by atoms with Gasteiger partial charge in [0.1, 0.15) is 6.04 Å². The van der Waals surface area contributed by atoms with Gasteiger partial charge < -0.3 is 14.7 Å². The summed E-state index contributed by atoms with van der Waals surface area (Å²) in [6, 6.07) is 1.65. The number of rotatable bonds is 6. The van der Waals surface area contributed by atoms with Crippen molar-refractivity contribution in [3.8, 4) is 0 Å². The van der Waals surface area contributed by atoms with Gasteiger partial charge in [-0.15, -0.1) is 0 Å². The van der Waals surface area contributed by atoms with E-state index in [2.05, 4.69) is 10.00 Å². The molecule has 0 N–H and O–H groups in total. The van der Waals surface area contributed by atoms with Crippen molar-refractivity contribution >= 4 is 11.8 Å². The Labute approximate surface area is 162 Å². The van der Waals surface area contributed by atoms with Gasteiger partial charge in [-0.2, -0.15) is 5.10 Å². The van der Waals surface area contributed by atoms with Crippen LogP contribution in [0.1, 0.15) is 45.1 Å². The van der Waals surface area contributed by atoms with Crippen molar-refractivity contribution in [1.29, 1.82) is 0 Å². The summed E-state index contributed by atoms with van der Waals surface area (Å²) in [6.07, 6.45) is 7.92. The first-order valence-corrected chi connectivity index (χ1v) is 10.1. The van der Waals surface area contributed by atoms with E-state index >= 15 is 0 Å². The number of amides is 2. The monoisotopic (exact) mass is 375 g/mol. The zero-order valence-electron chi connectivity index (χ0n) is 16.9. The number of nitrogens with zero attached hydrogens (tertiary/aromatic N) is 5. The lowest BCUT2D eigenvalue weighted by Gasteiger charge is -2.48. The molecule has 150 valence electrons. The van der Waals surface area contributed by atoms with Gasteiger partial charge in [-0.3, -0.25) is 14.3 Å². The molecule has 0 saturated carbocycles. The maximum atomic E-state index is 13.0. The lowest BCUT2D eigenvalue weighted by Crippen LogP contribution is -2.54. The smallest absolute Gasteiger partial charge is 0.247 e. The molecule has 7 nitrogen and oxygen atoms in total. The molecule has 0 aliphatic carbocycles. The van der Waals surface area contributed by atoms with Gasteiger partial charge in [0.25, 0.3) is 0 Å². The summed E-state index contributed by atoms with van der Waals surface area (Å²) in [5.41, 5.74) is 0.185. The number of aromatic nitrogens is 2. The van der Waals surface area contributed by atoms with Crippen molar-refractivity contribution in [3.05, 3.63) is 18.5 Å². The van der Waals surface area contributed by atoms with Crippen LogP contribution in [0.25, 0.3) is 0 Å². The average Bonchev–Trinajstić information content (AvgIpc) is 3.18. The zero-order valence-corrected chi connectivity index (χ0v) is 16.9. The third-order valence-electron chi connectivity index (χ3n) is 6.22. The fourth-order valence-corrected chi connectivity index (χ4v) is 4.39. The molecule has 2 aliphatic rings.